The zero-order chi connectivity index (χ0) is 28.0. The van der Waals surface area contributed by atoms with Gasteiger partial charge in [-0.25, -0.2) is 13.6 Å². The van der Waals surface area contributed by atoms with Gasteiger partial charge in [0.2, 0.25) is 11.8 Å². The summed E-state index contributed by atoms with van der Waals surface area (Å²) in [4.78, 5) is 36.0. The zero-order valence-corrected chi connectivity index (χ0v) is 21.3. The number of nitrogens with one attached hydrogen (secondary N) is 2. The summed E-state index contributed by atoms with van der Waals surface area (Å²) < 4.78 is 27.2. The first-order chi connectivity index (χ1) is 17.4. The molecule has 2 amide bonds. The van der Waals surface area contributed by atoms with Gasteiger partial charge in [-0.15, -0.1) is 0 Å². The molecule has 0 saturated heterocycles. The van der Waals surface area contributed by atoms with Crippen molar-refractivity contribution in [3.8, 4) is 0 Å². The second kappa shape index (κ2) is 16.6. The Labute approximate surface area is 216 Å². The third-order valence-corrected chi connectivity index (χ3v) is 5.63. The van der Waals surface area contributed by atoms with Crippen LogP contribution >= 0.6 is 0 Å². The second-order valence-corrected chi connectivity index (χ2v) is 8.86. The fourth-order valence-electron chi connectivity index (χ4n) is 3.51. The lowest BCUT2D eigenvalue weighted by Crippen LogP contribution is -2.48. The monoisotopic (exact) mass is 524 g/mol. The molecule has 0 aliphatic rings. The Morgan fingerprint density at radius 2 is 1.76 bits per heavy atom. The number of aliphatic carboxylic acids is 1. The van der Waals surface area contributed by atoms with Gasteiger partial charge >= 0.3 is 5.97 Å². The van der Waals surface area contributed by atoms with Gasteiger partial charge in [0.1, 0.15) is 18.0 Å². The number of allylic oxidation sites excluding steroid dienone is 3. The van der Waals surface area contributed by atoms with Gasteiger partial charge in [-0.3, -0.25) is 9.59 Å². The summed E-state index contributed by atoms with van der Waals surface area (Å²) >= 11 is 0. The van der Waals surface area contributed by atoms with Crippen molar-refractivity contribution in [2.24, 2.45) is 11.5 Å². The van der Waals surface area contributed by atoms with Crippen molar-refractivity contribution < 1.29 is 33.4 Å². The average Bonchev–Trinajstić information content (AvgIpc) is 2.84. The quantitative estimate of drug-likeness (QED) is 0.142. The molecule has 0 heterocycles. The van der Waals surface area contributed by atoms with Crippen LogP contribution in [0.2, 0.25) is 0 Å². The summed E-state index contributed by atoms with van der Waals surface area (Å²) in [6.45, 7) is 2.80. The molecule has 0 saturated carbocycles. The number of carbonyl (C=O) groups excluding carboxylic acids is 2. The van der Waals surface area contributed by atoms with E-state index >= 15 is 0 Å². The van der Waals surface area contributed by atoms with E-state index in [2.05, 4.69) is 10.6 Å². The summed E-state index contributed by atoms with van der Waals surface area (Å²) in [6, 6.07) is 6.25. The first-order valence-electron chi connectivity index (χ1n) is 12.2. The Balaban J connectivity index is 2.48. The molecule has 0 spiro atoms. The molecule has 9 nitrogen and oxygen atoms in total. The van der Waals surface area contributed by atoms with Gasteiger partial charge in [0.25, 0.3) is 0 Å². The molecule has 1 aromatic carbocycles. The van der Waals surface area contributed by atoms with Crippen molar-refractivity contribution in [3.05, 3.63) is 59.2 Å². The smallest absolute Gasteiger partial charge is 0.326 e. The van der Waals surface area contributed by atoms with Crippen LogP contribution in [0.4, 0.5) is 8.78 Å². The third kappa shape index (κ3) is 12.6. The third-order valence-electron chi connectivity index (χ3n) is 5.63. The SMILES string of the molecule is CC/C(F)=C\C(CC(N)CC(=O)NC(CCCNC(=O)C(O)C(N)Cc1ccccc1)C(=O)O)=C(/C)F. The number of aliphatic hydroxyl groups excluding tert-OH is 1. The maximum atomic E-state index is 13.7. The molecule has 8 N–H and O–H groups in total. The number of hydrogen-bond donors (Lipinski definition) is 6. The highest BCUT2D eigenvalue weighted by atomic mass is 19.1. The number of carbonyl (C=O) groups is 3. The topological polar surface area (TPSA) is 168 Å². The van der Waals surface area contributed by atoms with E-state index in [1.807, 2.05) is 30.3 Å². The lowest BCUT2D eigenvalue weighted by molar-refractivity contribution is -0.142. The number of halogens is 2. The highest BCUT2D eigenvalue weighted by Gasteiger charge is 2.24. The average molecular weight is 525 g/mol. The van der Waals surface area contributed by atoms with Crippen LogP contribution in [0.15, 0.2) is 53.6 Å². The van der Waals surface area contributed by atoms with Crippen LogP contribution in [-0.2, 0) is 20.8 Å². The first kappa shape index (κ1) is 31.9. The van der Waals surface area contributed by atoms with Gasteiger partial charge in [0.05, 0.1) is 5.83 Å². The van der Waals surface area contributed by atoms with E-state index in [0.29, 0.717) is 6.42 Å². The van der Waals surface area contributed by atoms with E-state index in [9.17, 15) is 33.4 Å². The summed E-state index contributed by atoms with van der Waals surface area (Å²) in [5.41, 5.74) is 12.7. The molecule has 37 heavy (non-hydrogen) atoms. The summed E-state index contributed by atoms with van der Waals surface area (Å²) in [5.74, 6) is -3.73. The van der Waals surface area contributed by atoms with Crippen LogP contribution in [-0.4, -0.2) is 58.8 Å². The van der Waals surface area contributed by atoms with Gasteiger partial charge in [-0.2, -0.15) is 0 Å². The summed E-state index contributed by atoms with van der Waals surface area (Å²) in [6.07, 6.45) is -0.182. The van der Waals surface area contributed by atoms with E-state index in [-0.39, 0.29) is 44.2 Å². The Morgan fingerprint density at radius 1 is 1.11 bits per heavy atom. The number of nitrogens with two attached hydrogens (primary N) is 2. The van der Waals surface area contributed by atoms with Crippen LogP contribution in [0.1, 0.15) is 51.5 Å². The number of carboxylic acids is 1. The van der Waals surface area contributed by atoms with Crippen LogP contribution in [0.5, 0.6) is 0 Å². The van der Waals surface area contributed by atoms with Crippen molar-refractivity contribution in [2.75, 3.05) is 6.54 Å². The van der Waals surface area contributed by atoms with E-state index in [1.165, 1.54) is 0 Å². The predicted octanol–water partition coefficient (Wildman–Crippen LogP) is 2.00. The lowest BCUT2D eigenvalue weighted by atomic mass is 10.0. The van der Waals surface area contributed by atoms with Crippen molar-refractivity contribution >= 4 is 17.8 Å². The molecule has 0 aromatic heterocycles. The molecule has 0 aliphatic heterocycles. The molecule has 4 atom stereocenters. The molecule has 206 valence electrons. The number of benzene rings is 1. The maximum Gasteiger partial charge on any atom is 0.326 e. The number of amides is 2. The van der Waals surface area contributed by atoms with Gasteiger partial charge in [0.15, 0.2) is 0 Å². The fourth-order valence-corrected chi connectivity index (χ4v) is 3.51. The highest BCUT2D eigenvalue weighted by molar-refractivity contribution is 5.84. The summed E-state index contributed by atoms with van der Waals surface area (Å²) in [5, 5.41) is 24.4. The molecular formula is C26H38F2N4O5. The standard InChI is InChI=1S/C26H38F2N4O5/c1-3-19(28)13-18(16(2)27)14-20(29)15-23(33)32-22(26(36)37)10-7-11-31-25(35)24(34)21(30)12-17-8-5-4-6-9-17/h4-6,8-9,13,20-22,24,34H,3,7,10-12,14-15,29-30H2,1-2H3,(H,31,35)(H,32,33)(H,36,37)/b18-16-,19-13+. The predicted molar refractivity (Wildman–Crippen MR) is 136 cm³/mol. The molecule has 1 aromatic rings. The van der Waals surface area contributed by atoms with Gasteiger partial charge in [0, 0.05) is 25.0 Å². The normalized spacial score (nSPS) is 15.7. The van der Waals surface area contributed by atoms with Crippen molar-refractivity contribution in [2.45, 2.75) is 76.6 Å². The second-order valence-electron chi connectivity index (χ2n) is 8.86. The van der Waals surface area contributed by atoms with E-state index in [4.69, 9.17) is 11.5 Å². The van der Waals surface area contributed by atoms with Crippen molar-refractivity contribution in [1.29, 1.82) is 0 Å². The minimum Gasteiger partial charge on any atom is -0.480 e. The largest absolute Gasteiger partial charge is 0.480 e. The Morgan fingerprint density at radius 3 is 2.32 bits per heavy atom. The molecule has 0 radical (unpaired) electrons. The highest BCUT2D eigenvalue weighted by Crippen LogP contribution is 2.18. The first-order valence-corrected chi connectivity index (χ1v) is 12.2. The van der Waals surface area contributed by atoms with Crippen LogP contribution < -0.4 is 22.1 Å². The minimum atomic E-state index is -1.44. The van der Waals surface area contributed by atoms with Crippen LogP contribution in [0.3, 0.4) is 0 Å². The van der Waals surface area contributed by atoms with E-state index < -0.39 is 53.7 Å². The fraction of sp³-hybridized carbons (Fsp3) is 0.500. The van der Waals surface area contributed by atoms with Gasteiger partial charge < -0.3 is 32.3 Å². The molecule has 0 bridgehead atoms. The molecule has 0 aliphatic carbocycles. The van der Waals surface area contributed by atoms with Crippen LogP contribution in [0, 0.1) is 0 Å². The lowest BCUT2D eigenvalue weighted by Gasteiger charge is -2.19. The Bertz CT molecular complexity index is 952. The Kier molecular flexibility index (Phi) is 14.3. The molecule has 11 heteroatoms. The van der Waals surface area contributed by atoms with Gasteiger partial charge in [-0.05, 0) is 56.2 Å². The van der Waals surface area contributed by atoms with E-state index in [0.717, 1.165) is 18.6 Å². The molecule has 0 fully saturated rings. The number of hydrogen-bond acceptors (Lipinski definition) is 6. The van der Waals surface area contributed by atoms with E-state index in [1.54, 1.807) is 6.92 Å². The van der Waals surface area contributed by atoms with Crippen molar-refractivity contribution in [1.82, 2.24) is 10.6 Å². The molecule has 1 rings (SSSR count). The molecular weight excluding hydrogens is 486 g/mol. The van der Waals surface area contributed by atoms with Gasteiger partial charge in [-0.1, -0.05) is 37.3 Å². The Hall–Kier alpha value is -3.15. The minimum absolute atomic E-state index is 0.00193. The summed E-state index contributed by atoms with van der Waals surface area (Å²) in [7, 11) is 0. The maximum absolute atomic E-state index is 13.7. The number of rotatable bonds is 16. The van der Waals surface area contributed by atoms with Crippen molar-refractivity contribution in [3.63, 3.8) is 0 Å². The molecule has 4 unspecified atom stereocenters. The van der Waals surface area contributed by atoms with Crippen LogP contribution in [0.25, 0.3) is 0 Å². The number of aliphatic hydroxyl groups is 1. The number of carboxylic acid groups (broad SMARTS) is 1. The zero-order valence-electron chi connectivity index (χ0n) is 21.3.